The van der Waals surface area contributed by atoms with Gasteiger partial charge in [0.15, 0.2) is 5.78 Å². The van der Waals surface area contributed by atoms with Gasteiger partial charge in [-0.15, -0.1) is 0 Å². The van der Waals surface area contributed by atoms with Crippen molar-refractivity contribution in [2.75, 3.05) is 41.0 Å². The SMILES string of the molecule is CCC(CC[C@@H]([C@@H](C)CC)[C@@H](CC(=O)N1CCC[C@H]1[C@H](OC)[C@@H](C)C(=O)N[C@H](Cc1ccccc1)C(=O)N1CCCCO1)OC)C(=O)[C@@H](NC(=O)[C@@H](NC)C(C)C)C(C)C. The van der Waals surface area contributed by atoms with Crippen molar-refractivity contribution in [1.82, 2.24) is 25.9 Å². The predicted molar refractivity (Wildman–Crippen MR) is 235 cm³/mol. The highest BCUT2D eigenvalue weighted by atomic mass is 16.7. The van der Waals surface area contributed by atoms with E-state index in [-0.39, 0.29) is 77.6 Å². The third kappa shape index (κ3) is 14.1. The summed E-state index contributed by atoms with van der Waals surface area (Å²) in [4.78, 5) is 76.8. The smallest absolute Gasteiger partial charge is 0.269 e. The molecule has 10 atom stereocenters. The highest BCUT2D eigenvalue weighted by Crippen LogP contribution is 2.33. The van der Waals surface area contributed by atoms with Gasteiger partial charge in [0.1, 0.15) is 6.04 Å². The topological polar surface area (TPSA) is 156 Å². The number of nitrogens with zero attached hydrogens (tertiary/aromatic N) is 2. The van der Waals surface area contributed by atoms with Crippen molar-refractivity contribution < 1.29 is 38.3 Å². The molecule has 0 aromatic heterocycles. The average molecular weight is 842 g/mol. The van der Waals surface area contributed by atoms with E-state index < -0.39 is 30.1 Å². The minimum atomic E-state index is -0.826. The molecule has 2 heterocycles. The van der Waals surface area contributed by atoms with Gasteiger partial charge in [-0.05, 0) is 81.2 Å². The number of ketones is 1. The minimum Gasteiger partial charge on any atom is -0.381 e. The molecule has 0 bridgehead atoms. The van der Waals surface area contributed by atoms with Crippen LogP contribution in [0.5, 0.6) is 0 Å². The van der Waals surface area contributed by atoms with Gasteiger partial charge in [-0.2, -0.15) is 0 Å². The second-order valence-electron chi connectivity index (χ2n) is 17.9. The summed E-state index contributed by atoms with van der Waals surface area (Å²) in [6, 6.07) is 7.46. The molecular formula is C47H79N5O8. The molecular weight excluding hydrogens is 763 g/mol. The van der Waals surface area contributed by atoms with Gasteiger partial charge in [-0.25, -0.2) is 5.06 Å². The maximum atomic E-state index is 14.3. The van der Waals surface area contributed by atoms with E-state index in [1.165, 1.54) is 5.06 Å². The number of amides is 4. The quantitative estimate of drug-likeness (QED) is 0.112. The maximum absolute atomic E-state index is 14.3. The van der Waals surface area contributed by atoms with Crippen LogP contribution >= 0.6 is 0 Å². The van der Waals surface area contributed by atoms with Crippen molar-refractivity contribution in [3.63, 3.8) is 0 Å². The second-order valence-corrected chi connectivity index (χ2v) is 17.9. The van der Waals surface area contributed by atoms with E-state index >= 15 is 0 Å². The molecule has 0 radical (unpaired) electrons. The molecule has 3 rings (SSSR count). The van der Waals surface area contributed by atoms with Crippen molar-refractivity contribution in [3.8, 4) is 0 Å². The summed E-state index contributed by atoms with van der Waals surface area (Å²) in [5.74, 6) is -1.44. The number of ether oxygens (including phenoxy) is 2. The Balaban J connectivity index is 1.74. The largest absolute Gasteiger partial charge is 0.381 e. The fourth-order valence-corrected chi connectivity index (χ4v) is 9.19. The van der Waals surface area contributed by atoms with E-state index in [2.05, 4.69) is 29.8 Å². The van der Waals surface area contributed by atoms with Crippen LogP contribution in [0.3, 0.4) is 0 Å². The van der Waals surface area contributed by atoms with Crippen LogP contribution in [0.4, 0.5) is 0 Å². The van der Waals surface area contributed by atoms with Gasteiger partial charge in [-0.3, -0.25) is 28.8 Å². The molecule has 1 unspecified atom stereocenters. The zero-order valence-electron chi connectivity index (χ0n) is 38.7. The lowest BCUT2D eigenvalue weighted by Crippen LogP contribution is -2.55. The maximum Gasteiger partial charge on any atom is 0.269 e. The Bertz CT molecular complexity index is 1490. The lowest BCUT2D eigenvalue weighted by atomic mass is 9.78. The van der Waals surface area contributed by atoms with Gasteiger partial charge in [0.05, 0.1) is 49.3 Å². The van der Waals surface area contributed by atoms with Crippen molar-refractivity contribution in [3.05, 3.63) is 35.9 Å². The van der Waals surface area contributed by atoms with Crippen LogP contribution in [-0.4, -0.2) is 117 Å². The Morgan fingerprint density at radius 1 is 0.817 bits per heavy atom. The van der Waals surface area contributed by atoms with Crippen LogP contribution in [0.25, 0.3) is 0 Å². The number of likely N-dealkylation sites (tertiary alicyclic amines) is 1. The van der Waals surface area contributed by atoms with Crippen LogP contribution in [0.1, 0.15) is 119 Å². The first kappa shape index (κ1) is 51.0. The van der Waals surface area contributed by atoms with Gasteiger partial charge < -0.3 is 30.3 Å². The molecule has 3 N–H and O–H groups in total. The van der Waals surface area contributed by atoms with Crippen LogP contribution in [0.2, 0.25) is 0 Å². The molecule has 60 heavy (non-hydrogen) atoms. The number of likely N-dealkylation sites (N-methyl/N-ethyl adjacent to an activating group) is 1. The minimum absolute atomic E-state index is 0.0134. The van der Waals surface area contributed by atoms with E-state index in [0.29, 0.717) is 51.8 Å². The number of carbonyl (C=O) groups excluding carboxylic acids is 5. The van der Waals surface area contributed by atoms with Gasteiger partial charge >= 0.3 is 0 Å². The Morgan fingerprint density at radius 2 is 1.50 bits per heavy atom. The molecule has 0 saturated carbocycles. The van der Waals surface area contributed by atoms with Crippen LogP contribution < -0.4 is 16.0 Å². The first-order chi connectivity index (χ1) is 28.6. The molecule has 2 saturated heterocycles. The Morgan fingerprint density at radius 3 is 2.05 bits per heavy atom. The molecule has 340 valence electrons. The van der Waals surface area contributed by atoms with Crippen molar-refractivity contribution in [1.29, 1.82) is 0 Å². The monoisotopic (exact) mass is 842 g/mol. The summed E-state index contributed by atoms with van der Waals surface area (Å²) >= 11 is 0. The van der Waals surface area contributed by atoms with Gasteiger partial charge in [-0.1, -0.05) is 92.1 Å². The number of nitrogens with one attached hydrogen (secondary N) is 3. The number of carbonyl (C=O) groups is 5. The summed E-state index contributed by atoms with van der Waals surface area (Å²) in [6.45, 7) is 17.5. The summed E-state index contributed by atoms with van der Waals surface area (Å²) in [7, 11) is 4.99. The first-order valence-corrected chi connectivity index (χ1v) is 22.8. The van der Waals surface area contributed by atoms with Crippen LogP contribution in [0.15, 0.2) is 30.3 Å². The van der Waals surface area contributed by atoms with Gasteiger partial charge in [0.2, 0.25) is 17.7 Å². The van der Waals surface area contributed by atoms with E-state index in [4.69, 9.17) is 14.3 Å². The Hall–Kier alpha value is -3.39. The molecule has 2 fully saturated rings. The molecule has 13 heteroatoms. The standard InChI is InChI=1S/C47H79N5O8/c1-12-32(7)36(24-23-35(13-2)43(54)41(30(3)4)50-46(56)42(48-9)31(5)6)39(58-10)29-40(53)51-25-19-22-38(51)44(59-11)33(8)45(55)49-37(28-34-20-15-14-16-21-34)47(57)52-26-17-18-27-60-52/h14-16,20-21,30-33,35-39,41-42,44,48H,12-13,17-19,22-29H2,1-11H3,(H,49,55)(H,50,56)/t32-,33+,35?,36-,37+,38-,39+,41-,42-,44+/m0/s1. The average Bonchev–Trinajstić information content (AvgIpc) is 3.73. The third-order valence-electron chi connectivity index (χ3n) is 13.1. The van der Waals surface area contributed by atoms with Crippen LogP contribution in [0, 0.1) is 35.5 Å². The van der Waals surface area contributed by atoms with Gasteiger partial charge in [0, 0.05) is 39.6 Å². The number of Topliss-reactive ketones (excluding diaryl/α,β-unsaturated/α-hetero) is 1. The number of hydrogen-bond acceptors (Lipinski definition) is 9. The number of methoxy groups -OCH3 is 2. The fourth-order valence-electron chi connectivity index (χ4n) is 9.19. The first-order valence-electron chi connectivity index (χ1n) is 22.8. The fraction of sp³-hybridized carbons (Fsp3) is 0.766. The predicted octanol–water partition coefficient (Wildman–Crippen LogP) is 5.74. The van der Waals surface area contributed by atoms with E-state index in [0.717, 1.165) is 31.2 Å². The van der Waals surface area contributed by atoms with Gasteiger partial charge in [0.25, 0.3) is 5.91 Å². The zero-order chi connectivity index (χ0) is 44.5. The molecule has 13 nitrogen and oxygen atoms in total. The molecule has 1 aromatic rings. The highest BCUT2D eigenvalue weighted by Gasteiger charge is 2.42. The van der Waals surface area contributed by atoms with Crippen molar-refractivity contribution in [2.24, 2.45) is 35.5 Å². The lowest BCUT2D eigenvalue weighted by molar-refractivity contribution is -0.199. The normalized spacial score (nSPS) is 20.4. The second kappa shape index (κ2) is 25.5. The zero-order valence-corrected chi connectivity index (χ0v) is 38.7. The summed E-state index contributed by atoms with van der Waals surface area (Å²) in [5, 5.41) is 10.6. The lowest BCUT2D eigenvalue weighted by Gasteiger charge is -2.37. The summed E-state index contributed by atoms with van der Waals surface area (Å²) < 4.78 is 12.2. The number of hydroxylamine groups is 2. The van der Waals surface area contributed by atoms with E-state index in [1.54, 1.807) is 28.2 Å². The number of rotatable bonds is 25. The summed E-state index contributed by atoms with van der Waals surface area (Å²) in [5.41, 5.74) is 0.921. The van der Waals surface area contributed by atoms with Crippen LogP contribution in [-0.2, 0) is 44.7 Å². The molecule has 1 aromatic carbocycles. The van der Waals surface area contributed by atoms with Crippen molar-refractivity contribution >= 4 is 29.4 Å². The number of hydrogen-bond donors (Lipinski definition) is 3. The highest BCUT2D eigenvalue weighted by molar-refractivity contribution is 5.92. The Kier molecular flexibility index (Phi) is 21.7. The molecule has 0 spiro atoms. The molecule has 4 amide bonds. The molecule has 0 aliphatic carbocycles. The van der Waals surface area contributed by atoms with Crippen molar-refractivity contribution in [2.45, 2.75) is 156 Å². The third-order valence-corrected chi connectivity index (χ3v) is 13.1. The molecule has 2 aliphatic heterocycles. The van der Waals surface area contributed by atoms with E-state index in [9.17, 15) is 24.0 Å². The number of benzene rings is 1. The Labute approximate surface area is 361 Å². The molecule has 2 aliphatic rings. The van der Waals surface area contributed by atoms with E-state index in [1.807, 2.05) is 69.9 Å². The summed E-state index contributed by atoms with van der Waals surface area (Å²) in [6.07, 6.45) is 5.53.